The molecule has 2 N–H and O–H groups in total. The number of hydrogen-bond acceptors (Lipinski definition) is 2. The first kappa shape index (κ1) is 12.3. The summed E-state index contributed by atoms with van der Waals surface area (Å²) in [7, 11) is 0. The Hall–Kier alpha value is -1.12. The molecule has 2 aromatic rings. The minimum Gasteiger partial charge on any atom is -0.330 e. The summed E-state index contributed by atoms with van der Waals surface area (Å²) in [5.74, 6) is 0.462. The van der Waals surface area contributed by atoms with Gasteiger partial charge < -0.3 is 5.73 Å². The third kappa shape index (κ3) is 2.76. The SMILES string of the molecule is CCc1ccc(-c2ccc(C(C)CN)s2)cc1. The Morgan fingerprint density at radius 2 is 1.82 bits per heavy atom. The van der Waals surface area contributed by atoms with E-state index < -0.39 is 0 Å². The summed E-state index contributed by atoms with van der Waals surface area (Å²) in [6.45, 7) is 5.08. The van der Waals surface area contributed by atoms with Crippen LogP contribution in [0.5, 0.6) is 0 Å². The number of aryl methyl sites for hydroxylation is 1. The molecule has 0 spiro atoms. The van der Waals surface area contributed by atoms with E-state index in [1.54, 1.807) is 0 Å². The lowest BCUT2D eigenvalue weighted by Crippen LogP contribution is -2.06. The van der Waals surface area contributed by atoms with Gasteiger partial charge in [0, 0.05) is 15.7 Å². The van der Waals surface area contributed by atoms with Crippen molar-refractivity contribution in [2.45, 2.75) is 26.2 Å². The van der Waals surface area contributed by atoms with Gasteiger partial charge in [-0.25, -0.2) is 0 Å². The molecule has 0 amide bonds. The fourth-order valence-electron chi connectivity index (χ4n) is 1.79. The second kappa shape index (κ2) is 5.48. The van der Waals surface area contributed by atoms with Gasteiger partial charge in [0.05, 0.1) is 0 Å². The zero-order valence-corrected chi connectivity index (χ0v) is 11.3. The van der Waals surface area contributed by atoms with E-state index in [1.165, 1.54) is 20.9 Å². The zero-order chi connectivity index (χ0) is 12.3. The molecule has 1 aromatic carbocycles. The molecule has 1 nitrogen and oxygen atoms in total. The van der Waals surface area contributed by atoms with Crippen LogP contribution in [0, 0.1) is 0 Å². The Morgan fingerprint density at radius 1 is 1.12 bits per heavy atom. The van der Waals surface area contributed by atoms with Crippen LogP contribution in [0.15, 0.2) is 36.4 Å². The molecule has 17 heavy (non-hydrogen) atoms. The summed E-state index contributed by atoms with van der Waals surface area (Å²) in [4.78, 5) is 2.71. The van der Waals surface area contributed by atoms with Gasteiger partial charge >= 0.3 is 0 Å². The van der Waals surface area contributed by atoms with Gasteiger partial charge in [-0.1, -0.05) is 38.1 Å². The summed E-state index contributed by atoms with van der Waals surface area (Å²) in [5.41, 5.74) is 8.39. The zero-order valence-electron chi connectivity index (χ0n) is 10.4. The van der Waals surface area contributed by atoms with E-state index in [-0.39, 0.29) is 0 Å². The summed E-state index contributed by atoms with van der Waals surface area (Å²) in [5, 5.41) is 0. The fourth-order valence-corrected chi connectivity index (χ4v) is 2.87. The number of thiophene rings is 1. The van der Waals surface area contributed by atoms with E-state index in [9.17, 15) is 0 Å². The fraction of sp³-hybridized carbons (Fsp3) is 0.333. The van der Waals surface area contributed by atoms with Gasteiger partial charge in [-0.3, -0.25) is 0 Å². The van der Waals surface area contributed by atoms with E-state index in [2.05, 4.69) is 50.2 Å². The third-order valence-corrected chi connectivity index (χ3v) is 4.48. The highest BCUT2D eigenvalue weighted by Gasteiger charge is 2.07. The maximum absolute atomic E-state index is 5.70. The van der Waals surface area contributed by atoms with Crippen LogP contribution >= 0.6 is 11.3 Å². The highest BCUT2D eigenvalue weighted by atomic mass is 32.1. The van der Waals surface area contributed by atoms with Crippen molar-refractivity contribution in [3.63, 3.8) is 0 Å². The predicted molar refractivity (Wildman–Crippen MR) is 76.6 cm³/mol. The molecule has 0 saturated heterocycles. The largest absolute Gasteiger partial charge is 0.330 e. The second-order valence-electron chi connectivity index (χ2n) is 4.39. The number of hydrogen-bond donors (Lipinski definition) is 1. The quantitative estimate of drug-likeness (QED) is 0.864. The van der Waals surface area contributed by atoms with Crippen LogP contribution < -0.4 is 5.73 Å². The van der Waals surface area contributed by atoms with Crippen molar-refractivity contribution in [2.75, 3.05) is 6.54 Å². The van der Waals surface area contributed by atoms with Crippen LogP contribution in [0.4, 0.5) is 0 Å². The lowest BCUT2D eigenvalue weighted by Gasteiger charge is -2.04. The van der Waals surface area contributed by atoms with Crippen molar-refractivity contribution in [3.8, 4) is 10.4 Å². The molecular formula is C15H19NS. The van der Waals surface area contributed by atoms with Crippen LogP contribution in [0.25, 0.3) is 10.4 Å². The van der Waals surface area contributed by atoms with Gasteiger partial charge in [0.2, 0.25) is 0 Å². The van der Waals surface area contributed by atoms with Gasteiger partial charge in [0.25, 0.3) is 0 Å². The van der Waals surface area contributed by atoms with E-state index in [0.29, 0.717) is 12.5 Å². The van der Waals surface area contributed by atoms with Gasteiger partial charge in [-0.05, 0) is 36.2 Å². The molecule has 1 heterocycles. The molecular weight excluding hydrogens is 226 g/mol. The average Bonchev–Trinajstić information content (AvgIpc) is 2.87. The second-order valence-corrected chi connectivity index (χ2v) is 5.50. The standard InChI is InChI=1S/C15H19NS/c1-3-12-4-6-13(7-5-12)15-9-8-14(17-15)11(2)10-16/h4-9,11H,3,10,16H2,1-2H3. The molecule has 0 aliphatic rings. The van der Waals surface area contributed by atoms with Gasteiger partial charge in [-0.2, -0.15) is 0 Å². The first-order valence-electron chi connectivity index (χ1n) is 6.13. The molecule has 0 aliphatic heterocycles. The predicted octanol–water partition coefficient (Wildman–Crippen LogP) is 4.04. The van der Waals surface area contributed by atoms with Crippen LogP contribution in [0.3, 0.4) is 0 Å². The van der Waals surface area contributed by atoms with Crippen LogP contribution in [0.1, 0.15) is 30.2 Å². The molecule has 2 heteroatoms. The Labute approximate surface area is 107 Å². The molecule has 0 aliphatic carbocycles. The Morgan fingerprint density at radius 3 is 2.41 bits per heavy atom. The lowest BCUT2D eigenvalue weighted by atomic mass is 10.1. The van der Waals surface area contributed by atoms with Gasteiger partial charge in [0.15, 0.2) is 0 Å². The summed E-state index contributed by atoms with van der Waals surface area (Å²) in [6.07, 6.45) is 1.10. The minimum absolute atomic E-state index is 0.462. The first-order valence-corrected chi connectivity index (χ1v) is 6.95. The third-order valence-electron chi connectivity index (χ3n) is 3.11. The molecule has 90 valence electrons. The minimum atomic E-state index is 0.462. The summed E-state index contributed by atoms with van der Waals surface area (Å²) < 4.78 is 0. The Kier molecular flexibility index (Phi) is 3.97. The van der Waals surface area contributed by atoms with Crippen LogP contribution in [0.2, 0.25) is 0 Å². The van der Waals surface area contributed by atoms with Crippen molar-refractivity contribution in [2.24, 2.45) is 5.73 Å². The van der Waals surface area contributed by atoms with Gasteiger partial charge in [0.1, 0.15) is 0 Å². The maximum atomic E-state index is 5.70. The van der Waals surface area contributed by atoms with Crippen LogP contribution in [-0.2, 0) is 6.42 Å². The first-order chi connectivity index (χ1) is 8.24. The monoisotopic (exact) mass is 245 g/mol. The Balaban J connectivity index is 2.24. The summed E-state index contributed by atoms with van der Waals surface area (Å²) >= 11 is 1.85. The highest BCUT2D eigenvalue weighted by molar-refractivity contribution is 7.15. The highest BCUT2D eigenvalue weighted by Crippen LogP contribution is 2.31. The number of nitrogens with two attached hydrogens (primary N) is 1. The van der Waals surface area contributed by atoms with Crippen molar-refractivity contribution in [3.05, 3.63) is 46.8 Å². The average molecular weight is 245 g/mol. The molecule has 1 unspecified atom stereocenters. The molecule has 0 fully saturated rings. The molecule has 1 aromatic heterocycles. The Bertz CT molecular complexity index is 470. The van der Waals surface area contributed by atoms with Crippen molar-refractivity contribution >= 4 is 11.3 Å². The smallest absolute Gasteiger partial charge is 0.0345 e. The number of rotatable bonds is 4. The normalized spacial score (nSPS) is 12.6. The molecule has 0 saturated carbocycles. The maximum Gasteiger partial charge on any atom is 0.0345 e. The topological polar surface area (TPSA) is 26.0 Å². The van der Waals surface area contributed by atoms with E-state index >= 15 is 0 Å². The van der Waals surface area contributed by atoms with Crippen molar-refractivity contribution in [1.29, 1.82) is 0 Å². The van der Waals surface area contributed by atoms with Gasteiger partial charge in [-0.15, -0.1) is 11.3 Å². The molecule has 2 rings (SSSR count). The van der Waals surface area contributed by atoms with E-state index in [4.69, 9.17) is 5.73 Å². The van der Waals surface area contributed by atoms with Crippen LogP contribution in [-0.4, -0.2) is 6.54 Å². The van der Waals surface area contributed by atoms with E-state index in [0.717, 1.165) is 6.42 Å². The molecule has 0 bridgehead atoms. The molecule has 0 radical (unpaired) electrons. The van der Waals surface area contributed by atoms with E-state index in [1.807, 2.05) is 11.3 Å². The number of benzene rings is 1. The lowest BCUT2D eigenvalue weighted by molar-refractivity contribution is 0.790. The summed E-state index contributed by atoms with van der Waals surface area (Å²) in [6, 6.07) is 13.2. The molecule has 1 atom stereocenters. The van der Waals surface area contributed by atoms with Crippen molar-refractivity contribution < 1.29 is 0 Å². The van der Waals surface area contributed by atoms with Crippen molar-refractivity contribution in [1.82, 2.24) is 0 Å².